The first-order valence-corrected chi connectivity index (χ1v) is 6.60. The van der Waals surface area contributed by atoms with Crippen LogP contribution in [0.5, 0.6) is 0 Å². The number of rotatable bonds is 2. The fraction of sp³-hybridized carbons (Fsp3) is 0.235. The monoisotopic (exact) mass is 252 g/mol. The van der Waals surface area contributed by atoms with Gasteiger partial charge in [0, 0.05) is 0 Å². The molecule has 3 rings (SSSR count). The number of benzene rings is 2. The standard InChI is InChI=1S/C17H16O2/c1-11(17(18)19)13-8-9-16-14(10-13)7-6-12-4-2-3-5-15(12)16/h2-7,10-11H,8-9H2,1H3,(H,18,19). The van der Waals surface area contributed by atoms with Gasteiger partial charge >= 0.3 is 5.97 Å². The number of carbonyl (C=O) groups is 1. The Bertz CT molecular complexity index is 683. The van der Waals surface area contributed by atoms with Gasteiger partial charge in [0.05, 0.1) is 5.92 Å². The van der Waals surface area contributed by atoms with E-state index in [0.29, 0.717) is 0 Å². The predicted octanol–water partition coefficient (Wildman–Crippen LogP) is 3.89. The molecule has 0 saturated carbocycles. The Morgan fingerprint density at radius 3 is 2.74 bits per heavy atom. The van der Waals surface area contributed by atoms with E-state index in [1.165, 1.54) is 21.9 Å². The zero-order chi connectivity index (χ0) is 13.4. The average Bonchev–Trinajstić information content (AvgIpc) is 2.45. The normalized spacial score (nSPS) is 15.7. The first kappa shape index (κ1) is 12.0. The van der Waals surface area contributed by atoms with E-state index < -0.39 is 5.97 Å². The molecule has 0 spiro atoms. The van der Waals surface area contributed by atoms with E-state index in [1.54, 1.807) is 6.92 Å². The third-order valence-electron chi connectivity index (χ3n) is 4.01. The summed E-state index contributed by atoms with van der Waals surface area (Å²) in [5.74, 6) is -1.13. The van der Waals surface area contributed by atoms with Gasteiger partial charge in [0.2, 0.25) is 0 Å². The molecule has 19 heavy (non-hydrogen) atoms. The summed E-state index contributed by atoms with van der Waals surface area (Å²) in [6.07, 6.45) is 3.83. The Kier molecular flexibility index (Phi) is 2.86. The van der Waals surface area contributed by atoms with Gasteiger partial charge in [0.15, 0.2) is 0 Å². The maximum Gasteiger partial charge on any atom is 0.310 e. The average molecular weight is 252 g/mol. The zero-order valence-corrected chi connectivity index (χ0v) is 10.9. The molecular formula is C17H16O2. The van der Waals surface area contributed by atoms with Crippen LogP contribution in [-0.4, -0.2) is 11.1 Å². The van der Waals surface area contributed by atoms with Gasteiger partial charge in [-0.2, -0.15) is 0 Å². The van der Waals surface area contributed by atoms with Crippen LogP contribution < -0.4 is 0 Å². The van der Waals surface area contributed by atoms with Gasteiger partial charge < -0.3 is 5.11 Å². The highest BCUT2D eigenvalue weighted by molar-refractivity contribution is 5.90. The second-order valence-electron chi connectivity index (χ2n) is 5.13. The molecule has 2 aromatic carbocycles. The summed E-state index contributed by atoms with van der Waals surface area (Å²) in [4.78, 5) is 11.1. The van der Waals surface area contributed by atoms with Crippen LogP contribution >= 0.6 is 0 Å². The third kappa shape index (κ3) is 2.03. The van der Waals surface area contributed by atoms with Crippen molar-refractivity contribution in [3.05, 3.63) is 53.1 Å². The van der Waals surface area contributed by atoms with Crippen LogP contribution in [-0.2, 0) is 11.2 Å². The van der Waals surface area contributed by atoms with Crippen LogP contribution in [0.4, 0.5) is 0 Å². The van der Waals surface area contributed by atoms with Crippen molar-refractivity contribution in [3.63, 3.8) is 0 Å². The largest absolute Gasteiger partial charge is 0.481 e. The quantitative estimate of drug-likeness (QED) is 0.880. The molecule has 0 aromatic heterocycles. The molecule has 1 unspecified atom stereocenters. The van der Waals surface area contributed by atoms with Gasteiger partial charge in [0.1, 0.15) is 0 Å². The Balaban J connectivity index is 2.12. The summed E-state index contributed by atoms with van der Waals surface area (Å²) >= 11 is 0. The minimum atomic E-state index is -0.740. The molecule has 0 radical (unpaired) electrons. The van der Waals surface area contributed by atoms with Gasteiger partial charge in [-0.15, -0.1) is 0 Å². The lowest BCUT2D eigenvalue weighted by Gasteiger charge is -2.20. The third-order valence-corrected chi connectivity index (χ3v) is 4.01. The predicted molar refractivity (Wildman–Crippen MR) is 77.0 cm³/mol. The van der Waals surface area contributed by atoms with Crippen molar-refractivity contribution in [2.75, 3.05) is 0 Å². The Morgan fingerprint density at radius 1 is 1.16 bits per heavy atom. The molecule has 1 atom stereocenters. The molecule has 1 N–H and O–H groups in total. The van der Waals surface area contributed by atoms with Gasteiger partial charge in [0.25, 0.3) is 0 Å². The molecule has 2 nitrogen and oxygen atoms in total. The minimum absolute atomic E-state index is 0.389. The highest BCUT2D eigenvalue weighted by Crippen LogP contribution is 2.33. The lowest BCUT2D eigenvalue weighted by molar-refractivity contribution is -0.139. The van der Waals surface area contributed by atoms with E-state index in [9.17, 15) is 4.79 Å². The lowest BCUT2D eigenvalue weighted by atomic mass is 9.84. The highest BCUT2D eigenvalue weighted by Gasteiger charge is 2.21. The van der Waals surface area contributed by atoms with E-state index in [4.69, 9.17) is 5.11 Å². The number of hydrogen-bond donors (Lipinski definition) is 1. The van der Waals surface area contributed by atoms with E-state index in [0.717, 1.165) is 18.4 Å². The first-order valence-electron chi connectivity index (χ1n) is 6.60. The van der Waals surface area contributed by atoms with Crippen LogP contribution in [0.3, 0.4) is 0 Å². The summed E-state index contributed by atoms with van der Waals surface area (Å²) in [7, 11) is 0. The van der Waals surface area contributed by atoms with Gasteiger partial charge in [-0.25, -0.2) is 0 Å². The van der Waals surface area contributed by atoms with Gasteiger partial charge in [-0.1, -0.05) is 48.0 Å². The molecule has 2 heteroatoms. The van der Waals surface area contributed by atoms with Crippen molar-refractivity contribution in [2.45, 2.75) is 19.8 Å². The van der Waals surface area contributed by atoms with Crippen LogP contribution in [0.1, 0.15) is 24.5 Å². The topological polar surface area (TPSA) is 37.3 Å². The van der Waals surface area contributed by atoms with Crippen molar-refractivity contribution < 1.29 is 9.90 Å². The molecule has 0 saturated heterocycles. The van der Waals surface area contributed by atoms with Crippen molar-refractivity contribution in [1.82, 2.24) is 0 Å². The smallest absolute Gasteiger partial charge is 0.310 e. The van der Waals surface area contributed by atoms with Crippen molar-refractivity contribution in [3.8, 4) is 0 Å². The highest BCUT2D eigenvalue weighted by atomic mass is 16.4. The number of fused-ring (bicyclic) bond motifs is 3. The van der Waals surface area contributed by atoms with E-state index in [-0.39, 0.29) is 5.92 Å². The molecule has 0 bridgehead atoms. The van der Waals surface area contributed by atoms with Gasteiger partial charge in [-0.05, 0) is 41.7 Å². The summed E-state index contributed by atoms with van der Waals surface area (Å²) in [5, 5.41) is 11.7. The van der Waals surface area contributed by atoms with Crippen molar-refractivity contribution >= 4 is 22.8 Å². The number of carboxylic acids is 1. The second kappa shape index (κ2) is 4.54. The Labute approximate surface area is 112 Å². The fourth-order valence-electron chi connectivity index (χ4n) is 2.81. The molecule has 2 aromatic rings. The van der Waals surface area contributed by atoms with E-state index >= 15 is 0 Å². The maximum absolute atomic E-state index is 11.1. The zero-order valence-electron chi connectivity index (χ0n) is 10.9. The van der Waals surface area contributed by atoms with E-state index in [2.05, 4.69) is 36.4 Å². The molecule has 0 aliphatic heterocycles. The van der Waals surface area contributed by atoms with E-state index in [1.807, 2.05) is 6.07 Å². The van der Waals surface area contributed by atoms with Crippen LogP contribution in [0.25, 0.3) is 16.8 Å². The van der Waals surface area contributed by atoms with Crippen molar-refractivity contribution in [1.29, 1.82) is 0 Å². The molecule has 0 fully saturated rings. The molecule has 96 valence electrons. The molecule has 0 heterocycles. The minimum Gasteiger partial charge on any atom is -0.481 e. The second-order valence-corrected chi connectivity index (χ2v) is 5.13. The fourth-order valence-corrected chi connectivity index (χ4v) is 2.81. The summed E-state index contributed by atoms with van der Waals surface area (Å²) in [5.41, 5.74) is 3.54. The molecular weight excluding hydrogens is 236 g/mol. The van der Waals surface area contributed by atoms with Gasteiger partial charge in [-0.3, -0.25) is 4.79 Å². The van der Waals surface area contributed by atoms with Crippen LogP contribution in [0.2, 0.25) is 0 Å². The first-order chi connectivity index (χ1) is 9.16. The number of aliphatic carboxylic acids is 1. The number of aryl methyl sites for hydroxylation is 1. The SMILES string of the molecule is CC(C(=O)O)C1=Cc2ccc3ccccc3c2CC1. The molecule has 1 aliphatic carbocycles. The maximum atomic E-state index is 11.1. The number of carboxylic acid groups (broad SMARTS) is 1. The van der Waals surface area contributed by atoms with Crippen LogP contribution in [0.15, 0.2) is 42.0 Å². The Morgan fingerprint density at radius 2 is 1.95 bits per heavy atom. The number of hydrogen-bond acceptors (Lipinski definition) is 1. The molecule has 0 amide bonds. The summed E-state index contributed by atoms with van der Waals surface area (Å²) in [6.45, 7) is 1.76. The lowest BCUT2D eigenvalue weighted by Crippen LogP contribution is -2.15. The summed E-state index contributed by atoms with van der Waals surface area (Å²) < 4.78 is 0. The van der Waals surface area contributed by atoms with Crippen molar-refractivity contribution in [2.24, 2.45) is 5.92 Å². The summed E-state index contributed by atoms with van der Waals surface area (Å²) in [6, 6.07) is 12.6. The Hall–Kier alpha value is -2.09. The van der Waals surface area contributed by atoms with Crippen LogP contribution in [0, 0.1) is 5.92 Å². The molecule has 1 aliphatic rings.